The number of nitrogens with one attached hydrogen (secondary N) is 1. The highest BCUT2D eigenvalue weighted by atomic mass is 19.3. The molecular formula is C25H30F2N6O4. The van der Waals surface area contributed by atoms with Gasteiger partial charge in [0.2, 0.25) is 5.88 Å². The van der Waals surface area contributed by atoms with E-state index in [1.54, 1.807) is 32.0 Å². The molecule has 10 nitrogen and oxygen atoms in total. The van der Waals surface area contributed by atoms with Gasteiger partial charge in [0.1, 0.15) is 23.0 Å². The zero-order valence-corrected chi connectivity index (χ0v) is 20.6. The number of alkyl halides is 2. The molecule has 3 aromatic heterocycles. The van der Waals surface area contributed by atoms with Gasteiger partial charge < -0.3 is 26.3 Å². The van der Waals surface area contributed by atoms with Crippen LogP contribution in [0.3, 0.4) is 0 Å². The molecule has 1 aliphatic carbocycles. The van der Waals surface area contributed by atoms with Gasteiger partial charge in [-0.1, -0.05) is 0 Å². The SMILES string of the molecule is CC(C)(CN)Oc1ccc2c(C(=O)NC3CCC(Oc4ncccc4C(N)=O)CC3)nc(C(F)F)n2c1. The molecule has 4 rings (SSSR count). The van der Waals surface area contributed by atoms with Gasteiger partial charge in [0.25, 0.3) is 18.2 Å². The summed E-state index contributed by atoms with van der Waals surface area (Å²) in [7, 11) is 0. The molecule has 1 saturated carbocycles. The van der Waals surface area contributed by atoms with Gasteiger partial charge in [-0.2, -0.15) is 0 Å². The zero-order valence-electron chi connectivity index (χ0n) is 20.6. The van der Waals surface area contributed by atoms with Crippen LogP contribution in [-0.4, -0.2) is 50.5 Å². The number of primary amides is 1. The first kappa shape index (κ1) is 26.3. The third-order valence-electron chi connectivity index (χ3n) is 6.26. The number of fused-ring (bicyclic) bond motifs is 1. The van der Waals surface area contributed by atoms with E-state index in [9.17, 15) is 18.4 Å². The zero-order chi connectivity index (χ0) is 26.7. The lowest BCUT2D eigenvalue weighted by Crippen LogP contribution is -2.40. The molecule has 3 aromatic rings. The number of carbonyl (C=O) groups excluding carboxylic acids is 2. The van der Waals surface area contributed by atoms with Crippen molar-refractivity contribution in [3.05, 3.63) is 53.7 Å². The van der Waals surface area contributed by atoms with Crippen LogP contribution in [0.15, 0.2) is 36.7 Å². The van der Waals surface area contributed by atoms with E-state index in [0.29, 0.717) is 31.4 Å². The quantitative estimate of drug-likeness (QED) is 0.396. The maximum absolute atomic E-state index is 13.7. The van der Waals surface area contributed by atoms with Gasteiger partial charge in [-0.25, -0.2) is 18.7 Å². The van der Waals surface area contributed by atoms with Gasteiger partial charge in [-0.05, 0) is 63.8 Å². The molecule has 0 aliphatic heterocycles. The van der Waals surface area contributed by atoms with E-state index in [0.717, 1.165) is 0 Å². The highest BCUT2D eigenvalue weighted by molar-refractivity contribution is 5.99. The molecule has 37 heavy (non-hydrogen) atoms. The number of amides is 2. The summed E-state index contributed by atoms with van der Waals surface area (Å²) in [5.41, 5.74) is 10.8. The van der Waals surface area contributed by atoms with Crippen molar-refractivity contribution < 1.29 is 27.8 Å². The molecule has 5 N–H and O–H groups in total. The van der Waals surface area contributed by atoms with Crippen molar-refractivity contribution in [1.29, 1.82) is 0 Å². The van der Waals surface area contributed by atoms with Crippen LogP contribution in [0.5, 0.6) is 11.6 Å². The molecule has 3 heterocycles. The molecule has 0 spiro atoms. The number of halogens is 2. The number of pyridine rings is 2. The molecule has 2 amide bonds. The summed E-state index contributed by atoms with van der Waals surface area (Å²) in [6, 6.07) is 6.09. The van der Waals surface area contributed by atoms with Gasteiger partial charge in [0.05, 0.1) is 11.7 Å². The largest absolute Gasteiger partial charge is 0.485 e. The minimum atomic E-state index is -2.89. The number of hydrogen-bond acceptors (Lipinski definition) is 7. The topological polar surface area (TPSA) is 147 Å². The van der Waals surface area contributed by atoms with E-state index >= 15 is 0 Å². The van der Waals surface area contributed by atoms with Crippen LogP contribution in [0, 0.1) is 0 Å². The van der Waals surface area contributed by atoms with Crippen molar-refractivity contribution in [3.8, 4) is 11.6 Å². The number of ether oxygens (including phenoxy) is 2. The average molecular weight is 517 g/mol. The Kier molecular flexibility index (Phi) is 7.58. The fraction of sp³-hybridized carbons (Fsp3) is 0.440. The number of rotatable bonds is 9. The maximum atomic E-state index is 13.7. The molecule has 0 atom stereocenters. The van der Waals surface area contributed by atoms with Crippen molar-refractivity contribution in [1.82, 2.24) is 19.7 Å². The van der Waals surface area contributed by atoms with Crippen LogP contribution in [0.2, 0.25) is 0 Å². The predicted molar refractivity (Wildman–Crippen MR) is 131 cm³/mol. The Bertz CT molecular complexity index is 1290. The van der Waals surface area contributed by atoms with E-state index in [2.05, 4.69) is 15.3 Å². The van der Waals surface area contributed by atoms with Gasteiger partial charge in [0.15, 0.2) is 11.5 Å². The Morgan fingerprint density at radius 1 is 1.22 bits per heavy atom. The normalized spacial score (nSPS) is 18.1. The summed E-state index contributed by atoms with van der Waals surface area (Å²) in [4.78, 5) is 32.7. The number of hydrogen-bond donors (Lipinski definition) is 3. The van der Waals surface area contributed by atoms with Crippen molar-refractivity contribution in [2.24, 2.45) is 11.5 Å². The van der Waals surface area contributed by atoms with E-state index in [1.165, 1.54) is 22.9 Å². The lowest BCUT2D eigenvalue weighted by molar-refractivity contribution is 0.0877. The lowest BCUT2D eigenvalue weighted by atomic mass is 9.93. The van der Waals surface area contributed by atoms with Crippen LogP contribution in [0.25, 0.3) is 5.52 Å². The van der Waals surface area contributed by atoms with Crippen LogP contribution in [0.1, 0.15) is 72.6 Å². The Labute approximate surface area is 212 Å². The average Bonchev–Trinajstić information content (AvgIpc) is 3.24. The highest BCUT2D eigenvalue weighted by Gasteiger charge is 2.28. The van der Waals surface area contributed by atoms with Crippen LogP contribution in [-0.2, 0) is 0 Å². The van der Waals surface area contributed by atoms with E-state index in [1.807, 2.05) is 0 Å². The minimum absolute atomic E-state index is 0.0853. The van der Waals surface area contributed by atoms with Gasteiger partial charge in [0, 0.05) is 18.8 Å². The van der Waals surface area contributed by atoms with Crippen molar-refractivity contribution in [2.45, 2.75) is 63.7 Å². The summed E-state index contributed by atoms with van der Waals surface area (Å²) in [6.07, 6.45) is 2.20. The predicted octanol–water partition coefficient (Wildman–Crippen LogP) is 3.00. The first-order valence-electron chi connectivity index (χ1n) is 12.0. The maximum Gasteiger partial charge on any atom is 0.295 e. The molecule has 0 saturated heterocycles. The highest BCUT2D eigenvalue weighted by Crippen LogP contribution is 2.28. The van der Waals surface area contributed by atoms with Crippen LogP contribution in [0.4, 0.5) is 8.78 Å². The summed E-state index contributed by atoms with van der Waals surface area (Å²) >= 11 is 0. The Balaban J connectivity index is 1.44. The molecule has 0 bridgehead atoms. The number of carbonyl (C=O) groups is 2. The molecule has 0 unspecified atom stereocenters. The molecular weight excluding hydrogens is 486 g/mol. The molecule has 12 heteroatoms. The van der Waals surface area contributed by atoms with Crippen LogP contribution < -0.4 is 26.3 Å². The molecule has 1 fully saturated rings. The van der Waals surface area contributed by atoms with Gasteiger partial charge in [-0.3, -0.25) is 14.0 Å². The smallest absolute Gasteiger partial charge is 0.295 e. The van der Waals surface area contributed by atoms with Crippen molar-refractivity contribution >= 4 is 17.3 Å². The standard InChI is InChI=1S/C25H30F2N6O4/c1-25(2,13-28)37-16-9-10-18-19(32-22(20(26)27)33(18)12-16)23(35)31-14-5-7-15(8-6-14)36-24-17(21(29)34)4-3-11-30-24/h3-4,9-12,14-15,20H,5-8,13,28H2,1-2H3,(H2,29,34)(H,31,35). The minimum Gasteiger partial charge on any atom is -0.485 e. The number of nitrogens with two attached hydrogens (primary N) is 2. The number of aromatic nitrogens is 3. The van der Waals surface area contributed by atoms with Gasteiger partial charge >= 0.3 is 0 Å². The molecule has 198 valence electrons. The van der Waals surface area contributed by atoms with Crippen LogP contribution >= 0.6 is 0 Å². The third kappa shape index (κ3) is 5.96. The number of nitrogens with zero attached hydrogens (tertiary/aromatic N) is 3. The first-order valence-corrected chi connectivity index (χ1v) is 12.0. The second-order valence-electron chi connectivity index (χ2n) is 9.59. The van der Waals surface area contributed by atoms with E-state index in [-0.39, 0.29) is 41.3 Å². The van der Waals surface area contributed by atoms with E-state index in [4.69, 9.17) is 20.9 Å². The number of imidazole rings is 1. The fourth-order valence-corrected chi connectivity index (χ4v) is 4.24. The molecule has 1 aliphatic rings. The monoisotopic (exact) mass is 516 g/mol. The first-order chi connectivity index (χ1) is 17.6. The van der Waals surface area contributed by atoms with Crippen molar-refractivity contribution in [3.63, 3.8) is 0 Å². The lowest BCUT2D eigenvalue weighted by Gasteiger charge is -2.29. The second kappa shape index (κ2) is 10.7. The van der Waals surface area contributed by atoms with Gasteiger partial charge in [-0.15, -0.1) is 0 Å². The summed E-state index contributed by atoms with van der Waals surface area (Å²) in [5.74, 6) is -1.19. The fourth-order valence-electron chi connectivity index (χ4n) is 4.24. The third-order valence-corrected chi connectivity index (χ3v) is 6.26. The molecule has 0 aromatic carbocycles. The van der Waals surface area contributed by atoms with Crippen molar-refractivity contribution in [2.75, 3.05) is 6.54 Å². The summed E-state index contributed by atoms with van der Waals surface area (Å²) in [6.45, 7) is 3.79. The Hall–Kier alpha value is -3.80. The molecule has 0 radical (unpaired) electrons. The second-order valence-corrected chi connectivity index (χ2v) is 9.59. The van der Waals surface area contributed by atoms with E-state index < -0.39 is 29.7 Å². The summed E-state index contributed by atoms with van der Waals surface area (Å²) < 4.78 is 40.3. The Morgan fingerprint density at radius 3 is 2.59 bits per heavy atom. The Morgan fingerprint density at radius 2 is 1.95 bits per heavy atom. The summed E-state index contributed by atoms with van der Waals surface area (Å²) in [5, 5.41) is 2.90.